The van der Waals surface area contributed by atoms with Crippen LogP contribution >= 0.6 is 23.2 Å². The Morgan fingerprint density at radius 2 is 1.17 bits per heavy atom. The van der Waals surface area contributed by atoms with Crippen LogP contribution in [0.15, 0.2) is 120 Å². The van der Waals surface area contributed by atoms with Gasteiger partial charge in [-0.3, -0.25) is 0 Å². The zero-order chi connectivity index (χ0) is 32.6. The van der Waals surface area contributed by atoms with Crippen LogP contribution in [0.4, 0.5) is 0 Å². The largest absolute Gasteiger partial charge is 2.00 e. The van der Waals surface area contributed by atoms with Crippen molar-refractivity contribution in [3.8, 4) is 39.7 Å². The summed E-state index contributed by atoms with van der Waals surface area (Å²) in [6.45, 7) is 15.8. The molecule has 0 unspecified atom stereocenters. The molecule has 1 heterocycles. The first kappa shape index (κ1) is 36.7. The number of hydrogen-bond acceptors (Lipinski definition) is 4. The Labute approximate surface area is 301 Å². The zero-order valence-corrected chi connectivity index (χ0v) is 30.4. The van der Waals surface area contributed by atoms with E-state index in [0.29, 0.717) is 21.2 Å². The number of rotatable bonds is 3. The first-order valence-corrected chi connectivity index (χ1v) is 15.2. The Hall–Kier alpha value is -3.76. The van der Waals surface area contributed by atoms with E-state index in [1.807, 2.05) is 104 Å². The maximum atomic E-state index is 11.2. The van der Waals surface area contributed by atoms with E-state index < -0.39 is 0 Å². The van der Waals surface area contributed by atoms with Gasteiger partial charge in [-0.1, -0.05) is 91.6 Å². The van der Waals surface area contributed by atoms with Gasteiger partial charge in [-0.15, -0.1) is 24.3 Å². The molecule has 4 nitrogen and oxygen atoms in total. The first-order valence-electron chi connectivity index (χ1n) is 14.4. The van der Waals surface area contributed by atoms with Crippen LogP contribution in [0, 0.1) is 20.8 Å². The maximum Gasteiger partial charge on any atom is 2.00 e. The number of halogens is 2. The molecule has 0 aliphatic carbocycles. The average molecular weight is 727 g/mol. The molecule has 0 atom stereocenters. The summed E-state index contributed by atoms with van der Waals surface area (Å²) in [7, 11) is 0. The first-order chi connectivity index (χ1) is 21.5. The second-order valence-electron chi connectivity index (χ2n) is 11.5. The molecule has 7 heteroatoms. The number of phenolic OH excluding ortho intramolecular Hbond substituents is 1. The van der Waals surface area contributed by atoms with Gasteiger partial charge in [0.1, 0.15) is 5.75 Å². The Kier molecular flexibility index (Phi) is 13.3. The van der Waals surface area contributed by atoms with E-state index in [4.69, 9.17) is 27.7 Å². The summed E-state index contributed by atoms with van der Waals surface area (Å²) in [4.78, 5) is 4.51. The van der Waals surface area contributed by atoms with E-state index >= 15 is 0 Å². The second kappa shape index (κ2) is 16.7. The Morgan fingerprint density at radius 1 is 0.674 bits per heavy atom. The van der Waals surface area contributed by atoms with Crippen LogP contribution in [-0.2, 0) is 31.6 Å². The minimum Gasteiger partial charge on any atom is -0.506 e. The van der Waals surface area contributed by atoms with Crippen molar-refractivity contribution in [2.24, 2.45) is 0 Å². The summed E-state index contributed by atoms with van der Waals surface area (Å²) in [5.74, 6) is 0.552. The molecule has 0 saturated carbocycles. The van der Waals surface area contributed by atoms with Gasteiger partial charge in [-0.25, -0.2) is 0 Å². The van der Waals surface area contributed by atoms with E-state index in [9.17, 15) is 5.11 Å². The molecular weight excluding hydrogens is 691 g/mol. The molecule has 1 aromatic heterocycles. The van der Waals surface area contributed by atoms with Crippen molar-refractivity contribution in [3.63, 3.8) is 0 Å². The summed E-state index contributed by atoms with van der Waals surface area (Å²) in [6, 6.07) is 36.8. The van der Waals surface area contributed by atoms with Gasteiger partial charge in [-0.2, -0.15) is 54.2 Å². The van der Waals surface area contributed by atoms with E-state index in [-0.39, 0.29) is 49.1 Å². The van der Waals surface area contributed by atoms with Crippen molar-refractivity contribution >= 4 is 23.2 Å². The van der Waals surface area contributed by atoms with Crippen molar-refractivity contribution in [3.05, 3.63) is 161 Å². The number of aryl methyl sites for hydroxylation is 1. The molecule has 1 N–H and O–H groups in total. The van der Waals surface area contributed by atoms with Crippen LogP contribution in [-0.4, -0.2) is 15.2 Å². The minimum atomic E-state index is -0.158. The molecular formula is C39H36Cl2N2O2Zr. The maximum absolute atomic E-state index is 11.2. The SMILES string of the molecule is Cc1ccccc1-c1cc(C(C)(C)C)cc(-c2nc(-c3c(Cl)cccc3Cl)no2)c1O.[CH2-]c1ccccc1.[CH2-]c1ccccc1.[Zr+2]. The van der Waals surface area contributed by atoms with E-state index in [0.717, 1.165) is 33.4 Å². The molecule has 46 heavy (non-hydrogen) atoms. The fourth-order valence-electron chi connectivity index (χ4n) is 4.41. The minimum absolute atomic E-state index is 0. The van der Waals surface area contributed by atoms with Crippen LogP contribution in [0.25, 0.3) is 34.0 Å². The van der Waals surface area contributed by atoms with E-state index in [1.54, 1.807) is 18.2 Å². The van der Waals surface area contributed by atoms with Crippen LogP contribution < -0.4 is 0 Å². The smallest absolute Gasteiger partial charge is 0.506 e. The number of benzene rings is 5. The van der Waals surface area contributed by atoms with Gasteiger partial charge in [0.15, 0.2) is 0 Å². The van der Waals surface area contributed by atoms with E-state index in [2.05, 4.69) is 44.8 Å². The predicted molar refractivity (Wildman–Crippen MR) is 188 cm³/mol. The fourth-order valence-corrected chi connectivity index (χ4v) is 4.98. The summed E-state index contributed by atoms with van der Waals surface area (Å²) < 4.78 is 5.55. The molecule has 0 radical (unpaired) electrons. The molecule has 0 spiro atoms. The topological polar surface area (TPSA) is 59.2 Å². The molecule has 0 bridgehead atoms. The van der Waals surface area contributed by atoms with E-state index in [1.165, 1.54) is 0 Å². The fraction of sp³-hybridized carbons (Fsp3) is 0.128. The van der Waals surface area contributed by atoms with Gasteiger partial charge >= 0.3 is 26.2 Å². The molecule has 5 aromatic carbocycles. The molecule has 0 aliphatic rings. The van der Waals surface area contributed by atoms with Crippen LogP contribution in [0.1, 0.15) is 43.0 Å². The molecule has 0 fully saturated rings. The molecule has 6 rings (SSSR count). The quantitative estimate of drug-likeness (QED) is 0.185. The van der Waals surface area contributed by atoms with Crippen LogP contribution in [0.5, 0.6) is 5.75 Å². The van der Waals surface area contributed by atoms with Gasteiger partial charge in [0, 0.05) is 5.56 Å². The third kappa shape index (κ3) is 9.63. The van der Waals surface area contributed by atoms with Gasteiger partial charge in [-0.05, 0) is 53.3 Å². The van der Waals surface area contributed by atoms with Gasteiger partial charge in [0.25, 0.3) is 5.89 Å². The van der Waals surface area contributed by atoms with Crippen LogP contribution in [0.3, 0.4) is 0 Å². The Balaban J connectivity index is 0.000000315. The van der Waals surface area contributed by atoms with Crippen molar-refractivity contribution in [2.45, 2.75) is 33.1 Å². The normalized spacial score (nSPS) is 10.5. The Bertz CT molecular complexity index is 1790. The van der Waals surface area contributed by atoms with Crippen molar-refractivity contribution < 1.29 is 35.8 Å². The number of nitrogens with zero attached hydrogens (tertiary/aromatic N) is 2. The third-order valence-electron chi connectivity index (χ3n) is 6.94. The number of hydrogen-bond donors (Lipinski definition) is 1. The summed E-state index contributed by atoms with van der Waals surface area (Å²) in [5.41, 5.74) is 6.70. The van der Waals surface area contributed by atoms with Gasteiger partial charge < -0.3 is 9.63 Å². The summed E-state index contributed by atoms with van der Waals surface area (Å²) in [6.07, 6.45) is 0. The molecule has 0 aliphatic heterocycles. The van der Waals surface area contributed by atoms with Crippen molar-refractivity contribution in [2.75, 3.05) is 0 Å². The third-order valence-corrected chi connectivity index (χ3v) is 7.57. The monoisotopic (exact) mass is 724 g/mol. The second-order valence-corrected chi connectivity index (χ2v) is 12.3. The van der Waals surface area contributed by atoms with Crippen LogP contribution in [0.2, 0.25) is 10.0 Å². The summed E-state index contributed by atoms with van der Waals surface area (Å²) >= 11 is 12.6. The number of aromatic nitrogens is 2. The number of aromatic hydroxyl groups is 1. The molecule has 6 aromatic rings. The van der Waals surface area contributed by atoms with Crippen molar-refractivity contribution in [1.82, 2.24) is 10.1 Å². The average Bonchev–Trinajstić information content (AvgIpc) is 3.48. The molecule has 0 amide bonds. The summed E-state index contributed by atoms with van der Waals surface area (Å²) in [5, 5.41) is 16.1. The van der Waals surface area contributed by atoms with Gasteiger partial charge in [0.2, 0.25) is 5.82 Å². The zero-order valence-electron chi connectivity index (χ0n) is 26.4. The van der Waals surface area contributed by atoms with Crippen molar-refractivity contribution in [1.29, 1.82) is 0 Å². The number of phenols is 1. The molecule has 232 valence electrons. The predicted octanol–water partition coefficient (Wildman–Crippen LogP) is 11.4. The molecule has 0 saturated heterocycles. The van der Waals surface area contributed by atoms with Gasteiger partial charge in [0.05, 0.1) is 21.2 Å². The standard InChI is InChI=1S/C25H22Cl2N2O2.2C7H7.Zr/c1-14-8-5-6-9-16(14)17-12-15(25(2,3)4)13-18(22(17)30)24-28-23(29-31-24)21-19(26)10-7-11-20(21)27;2*1-7-5-3-2-4-6-7;/h5-13,30H,1-4H3;2*2-6H,1H2;/q;2*-1;+2. The Morgan fingerprint density at radius 3 is 1.65 bits per heavy atom.